The van der Waals surface area contributed by atoms with Gasteiger partial charge in [-0.2, -0.15) is 0 Å². The molecule has 7 N–H and O–H groups in total. The van der Waals surface area contributed by atoms with E-state index in [0.717, 1.165) is 18.6 Å². The van der Waals surface area contributed by atoms with Crippen LogP contribution in [0.4, 0.5) is 0 Å². The van der Waals surface area contributed by atoms with Crippen LogP contribution in [0.5, 0.6) is 0 Å². The molecule has 1 aromatic carbocycles. The molecular formula is C23H44N4O5. The van der Waals surface area contributed by atoms with Gasteiger partial charge in [0, 0.05) is 6.54 Å². The number of nitrogens with one attached hydrogen (secondary N) is 1. The van der Waals surface area contributed by atoms with Crippen molar-refractivity contribution < 1.29 is 23.9 Å². The number of ether oxygens (including phenoxy) is 1. The first kappa shape index (κ1) is 36.6. The van der Waals surface area contributed by atoms with Gasteiger partial charge in [0.25, 0.3) is 0 Å². The molecule has 0 saturated heterocycles. The smallest absolute Gasteiger partial charge is 0.243 e. The fourth-order valence-electron chi connectivity index (χ4n) is 1.35. The topological polar surface area (TPSA) is 168 Å². The molecule has 1 aromatic rings. The fourth-order valence-corrected chi connectivity index (χ4v) is 1.35. The Labute approximate surface area is 193 Å². The number of benzene rings is 1. The summed E-state index contributed by atoms with van der Waals surface area (Å²) in [5, 5.41) is 2.72. The number of nitrogens with two attached hydrogens (primary N) is 3. The molecule has 0 fully saturated rings. The summed E-state index contributed by atoms with van der Waals surface area (Å²) in [6, 6.07) is 10.0. The quantitative estimate of drug-likeness (QED) is 0.474. The summed E-state index contributed by atoms with van der Waals surface area (Å²) in [4.78, 5) is 38.3. The van der Waals surface area contributed by atoms with Crippen LogP contribution in [0.15, 0.2) is 30.3 Å². The monoisotopic (exact) mass is 456 g/mol. The van der Waals surface area contributed by atoms with E-state index in [1.165, 1.54) is 12.5 Å². The van der Waals surface area contributed by atoms with Crippen LogP contribution in [0, 0.1) is 5.92 Å². The van der Waals surface area contributed by atoms with Crippen LogP contribution in [0.2, 0.25) is 0 Å². The van der Waals surface area contributed by atoms with Crippen molar-refractivity contribution in [3.05, 3.63) is 35.9 Å². The van der Waals surface area contributed by atoms with Gasteiger partial charge in [0.15, 0.2) is 0 Å². The molecule has 0 aliphatic heterocycles. The Morgan fingerprint density at radius 2 is 1.50 bits per heavy atom. The SMILES string of the molecule is CC(C)(C)OCC(N)=O.CC(C)C.CC=O.NC=O.NCC(=O)NCCc1ccccc1. The third-order valence-corrected chi connectivity index (χ3v) is 2.41. The summed E-state index contributed by atoms with van der Waals surface area (Å²) < 4.78 is 5.02. The number of carbonyl (C=O) groups excluding carboxylic acids is 4. The molecule has 0 atom stereocenters. The molecule has 0 spiro atoms. The molecule has 9 heteroatoms. The summed E-state index contributed by atoms with van der Waals surface area (Å²) in [5.41, 5.74) is 15.1. The standard InChI is InChI=1S/C10H14N2O.C6H13NO2.C4H10.C2H4O.CH3NO/c11-8-10(13)12-7-6-9-4-2-1-3-5-9;1-6(2,3)9-4-5(7)8;1-4(2)3;1-2-3;2-1-3/h1-5H,6-8,11H2,(H,12,13);4H2,1-3H3,(H2,7,8);4H,1-3H3;2H,1H3;1H,(H2,2,3). The molecule has 1 rings (SSSR count). The lowest BCUT2D eigenvalue weighted by Crippen LogP contribution is -2.31. The summed E-state index contributed by atoms with van der Waals surface area (Å²) in [6.45, 7) is 14.3. The Morgan fingerprint density at radius 3 is 1.78 bits per heavy atom. The number of aldehydes is 1. The lowest BCUT2D eigenvalue weighted by molar-refractivity contribution is -0.127. The number of amides is 3. The number of primary amides is 2. The minimum atomic E-state index is -0.426. The maximum Gasteiger partial charge on any atom is 0.243 e. The Kier molecular flexibility index (Phi) is 30.0. The Hall–Kier alpha value is -2.78. The van der Waals surface area contributed by atoms with Crippen molar-refractivity contribution in [3.8, 4) is 0 Å². The number of hydrogen-bond acceptors (Lipinski definition) is 6. The average Bonchev–Trinajstić information content (AvgIpc) is 2.68. The van der Waals surface area contributed by atoms with Crippen LogP contribution in [0.25, 0.3) is 0 Å². The first-order valence-corrected chi connectivity index (χ1v) is 10.3. The van der Waals surface area contributed by atoms with Gasteiger partial charge < -0.3 is 32.0 Å². The molecule has 0 aliphatic carbocycles. The molecule has 0 radical (unpaired) electrons. The van der Waals surface area contributed by atoms with E-state index >= 15 is 0 Å². The zero-order valence-corrected chi connectivity index (χ0v) is 20.7. The first-order chi connectivity index (χ1) is 14.8. The molecule has 9 nitrogen and oxygen atoms in total. The molecule has 3 amide bonds. The first-order valence-electron chi connectivity index (χ1n) is 10.3. The second-order valence-electron chi connectivity index (χ2n) is 7.76. The van der Waals surface area contributed by atoms with Gasteiger partial charge in [-0.15, -0.1) is 0 Å². The highest BCUT2D eigenvalue weighted by atomic mass is 16.5. The van der Waals surface area contributed by atoms with Crippen LogP contribution in [0.3, 0.4) is 0 Å². The normalized spacial score (nSPS) is 9.03. The lowest BCUT2D eigenvalue weighted by Gasteiger charge is -2.17. The minimum absolute atomic E-state index is 0.00347. The molecule has 0 heterocycles. The molecule has 0 aliphatic rings. The van der Waals surface area contributed by atoms with Gasteiger partial charge in [-0.25, -0.2) is 0 Å². The van der Waals surface area contributed by atoms with E-state index in [-0.39, 0.29) is 31.1 Å². The summed E-state index contributed by atoms with van der Waals surface area (Å²) in [6.07, 6.45) is 1.85. The van der Waals surface area contributed by atoms with E-state index in [2.05, 4.69) is 31.8 Å². The van der Waals surface area contributed by atoms with Crippen LogP contribution >= 0.6 is 0 Å². The zero-order chi connectivity index (χ0) is 26.0. The third kappa shape index (κ3) is 50.7. The van der Waals surface area contributed by atoms with Gasteiger partial charge in [-0.1, -0.05) is 51.1 Å². The molecule has 0 unspecified atom stereocenters. The second kappa shape index (κ2) is 26.3. The Balaban J connectivity index is -0.000000179. The molecule has 0 bridgehead atoms. The predicted octanol–water partition coefficient (Wildman–Crippen LogP) is 1.56. The average molecular weight is 457 g/mol. The number of hydrogen-bond donors (Lipinski definition) is 4. The molecule has 0 aromatic heterocycles. The maximum atomic E-state index is 10.8. The van der Waals surface area contributed by atoms with Gasteiger partial charge in [-0.05, 0) is 45.6 Å². The highest BCUT2D eigenvalue weighted by molar-refractivity contribution is 5.77. The highest BCUT2D eigenvalue weighted by Gasteiger charge is 2.10. The minimum Gasteiger partial charge on any atom is -0.372 e. The van der Waals surface area contributed by atoms with E-state index in [9.17, 15) is 9.59 Å². The summed E-state index contributed by atoms with van der Waals surface area (Å²) >= 11 is 0. The van der Waals surface area contributed by atoms with Crippen molar-refractivity contribution in [2.45, 2.75) is 60.5 Å². The third-order valence-electron chi connectivity index (χ3n) is 2.41. The van der Waals surface area contributed by atoms with E-state index in [1.54, 1.807) is 0 Å². The second-order valence-corrected chi connectivity index (χ2v) is 7.76. The summed E-state index contributed by atoms with van der Waals surface area (Å²) in [5.74, 6) is 0.306. The fraction of sp³-hybridized carbons (Fsp3) is 0.565. The van der Waals surface area contributed by atoms with E-state index < -0.39 is 5.91 Å². The van der Waals surface area contributed by atoms with Crippen LogP contribution in [-0.4, -0.2) is 49.8 Å². The Morgan fingerprint density at radius 1 is 1.09 bits per heavy atom. The lowest BCUT2D eigenvalue weighted by atomic mass is 10.1. The Bertz CT molecular complexity index is 565. The predicted molar refractivity (Wildman–Crippen MR) is 130 cm³/mol. The van der Waals surface area contributed by atoms with E-state index in [4.69, 9.17) is 25.8 Å². The van der Waals surface area contributed by atoms with Crippen molar-refractivity contribution in [2.24, 2.45) is 23.1 Å². The molecule has 0 saturated carbocycles. The van der Waals surface area contributed by atoms with Gasteiger partial charge in [0.2, 0.25) is 18.2 Å². The van der Waals surface area contributed by atoms with Crippen LogP contribution in [-0.2, 0) is 30.3 Å². The van der Waals surface area contributed by atoms with Crippen molar-refractivity contribution in [3.63, 3.8) is 0 Å². The van der Waals surface area contributed by atoms with Crippen molar-refractivity contribution in [1.82, 2.24) is 5.32 Å². The van der Waals surface area contributed by atoms with Crippen molar-refractivity contribution >= 4 is 24.5 Å². The van der Waals surface area contributed by atoms with Crippen molar-refractivity contribution in [1.29, 1.82) is 0 Å². The zero-order valence-electron chi connectivity index (χ0n) is 20.7. The number of carbonyl (C=O) groups is 4. The van der Waals surface area contributed by atoms with Gasteiger partial charge in [0.05, 0.1) is 12.1 Å². The van der Waals surface area contributed by atoms with Crippen LogP contribution in [0.1, 0.15) is 54.0 Å². The molecule has 32 heavy (non-hydrogen) atoms. The number of rotatable bonds is 6. The largest absolute Gasteiger partial charge is 0.372 e. The summed E-state index contributed by atoms with van der Waals surface area (Å²) in [7, 11) is 0. The van der Waals surface area contributed by atoms with Crippen molar-refractivity contribution in [2.75, 3.05) is 19.7 Å². The maximum absolute atomic E-state index is 10.8. The van der Waals surface area contributed by atoms with Gasteiger partial charge >= 0.3 is 0 Å². The molecule has 186 valence electrons. The van der Waals surface area contributed by atoms with Gasteiger partial charge in [0.1, 0.15) is 12.9 Å². The highest BCUT2D eigenvalue weighted by Crippen LogP contribution is 2.04. The van der Waals surface area contributed by atoms with E-state index in [0.29, 0.717) is 6.54 Å². The van der Waals surface area contributed by atoms with Crippen LogP contribution < -0.4 is 22.5 Å². The van der Waals surface area contributed by atoms with Gasteiger partial charge in [-0.3, -0.25) is 14.4 Å². The molecular weight excluding hydrogens is 412 g/mol. The van der Waals surface area contributed by atoms with E-state index in [1.807, 2.05) is 51.1 Å².